The fraction of sp³-hybridized carbons (Fsp3) is 0.524. The van der Waals surface area contributed by atoms with E-state index in [2.05, 4.69) is 11.4 Å². The number of hydrogen-bond donors (Lipinski definition) is 1. The monoisotopic (exact) mass is 419 g/mol. The zero-order chi connectivity index (χ0) is 21.6. The van der Waals surface area contributed by atoms with E-state index in [1.54, 1.807) is 36.1 Å². The summed E-state index contributed by atoms with van der Waals surface area (Å²) in [6.07, 6.45) is 0.948. The van der Waals surface area contributed by atoms with Crippen LogP contribution >= 0.6 is 11.6 Å². The van der Waals surface area contributed by atoms with Crippen molar-refractivity contribution >= 4 is 29.4 Å². The summed E-state index contributed by atoms with van der Waals surface area (Å²) in [6.45, 7) is 5.74. The Kier molecular flexibility index (Phi) is 7.63. The van der Waals surface area contributed by atoms with Crippen LogP contribution in [0.4, 0.5) is 0 Å². The first-order valence-corrected chi connectivity index (χ1v) is 9.98. The number of halogens is 1. The Balaban J connectivity index is 1.80. The Hall–Kier alpha value is -2.59. The number of piperidine rings is 1. The van der Waals surface area contributed by atoms with Crippen LogP contribution in [0.1, 0.15) is 44.0 Å². The van der Waals surface area contributed by atoms with Crippen molar-refractivity contribution in [3.8, 4) is 6.07 Å². The Morgan fingerprint density at radius 3 is 2.38 bits per heavy atom. The average Bonchev–Trinajstić information content (AvgIpc) is 2.72. The summed E-state index contributed by atoms with van der Waals surface area (Å²) < 4.78 is 5.13. The quantitative estimate of drug-likeness (QED) is 0.714. The number of benzene rings is 1. The zero-order valence-electron chi connectivity index (χ0n) is 16.9. The molecule has 0 spiro atoms. The number of rotatable bonds is 6. The molecule has 1 aromatic carbocycles. The maximum absolute atomic E-state index is 12.5. The Bertz CT molecular complexity index is 795. The van der Waals surface area contributed by atoms with Crippen LogP contribution in [0, 0.1) is 23.2 Å². The second-order valence-electron chi connectivity index (χ2n) is 7.70. The van der Waals surface area contributed by atoms with E-state index < -0.39 is 24.0 Å². The summed E-state index contributed by atoms with van der Waals surface area (Å²) in [5.74, 6) is -1.51. The largest absolute Gasteiger partial charge is 0.455 e. The molecule has 1 saturated heterocycles. The van der Waals surface area contributed by atoms with E-state index in [0.717, 1.165) is 0 Å². The summed E-state index contributed by atoms with van der Waals surface area (Å²) >= 11 is 5.85. The molecule has 8 heteroatoms. The molecule has 1 heterocycles. The van der Waals surface area contributed by atoms with Crippen molar-refractivity contribution in [2.45, 2.75) is 39.2 Å². The first-order chi connectivity index (χ1) is 13.7. The minimum Gasteiger partial charge on any atom is -0.455 e. The smallest absolute Gasteiger partial charge is 0.309 e. The van der Waals surface area contributed by atoms with Gasteiger partial charge in [-0.2, -0.15) is 5.26 Å². The molecule has 0 unspecified atom stereocenters. The predicted molar refractivity (Wildman–Crippen MR) is 108 cm³/mol. The van der Waals surface area contributed by atoms with E-state index in [1.165, 1.54) is 0 Å². The third kappa shape index (κ3) is 5.94. The molecule has 1 aliphatic heterocycles. The molecule has 0 bridgehead atoms. The van der Waals surface area contributed by atoms with E-state index in [1.807, 2.05) is 13.8 Å². The molecule has 1 fully saturated rings. The summed E-state index contributed by atoms with van der Waals surface area (Å²) in [6, 6.07) is 8.76. The first-order valence-electron chi connectivity index (χ1n) is 9.60. The van der Waals surface area contributed by atoms with Gasteiger partial charge in [0.05, 0.1) is 12.0 Å². The number of nitrogens with zero attached hydrogens (tertiary/aromatic N) is 2. The maximum Gasteiger partial charge on any atom is 0.309 e. The average molecular weight is 420 g/mol. The molecule has 29 heavy (non-hydrogen) atoms. The highest BCUT2D eigenvalue weighted by Gasteiger charge is 2.32. The zero-order valence-corrected chi connectivity index (χ0v) is 17.7. The molecule has 7 nitrogen and oxygen atoms in total. The number of carbonyl (C=O) groups is 3. The van der Waals surface area contributed by atoms with Gasteiger partial charge in [0, 0.05) is 23.7 Å². The van der Waals surface area contributed by atoms with Gasteiger partial charge in [0.1, 0.15) is 5.54 Å². The molecule has 0 aromatic heterocycles. The van der Waals surface area contributed by atoms with Crippen molar-refractivity contribution in [2.75, 3.05) is 19.7 Å². The van der Waals surface area contributed by atoms with Crippen molar-refractivity contribution in [3.63, 3.8) is 0 Å². The van der Waals surface area contributed by atoms with Crippen LogP contribution in [0.3, 0.4) is 0 Å². The van der Waals surface area contributed by atoms with Gasteiger partial charge in [-0.05, 0) is 49.9 Å². The van der Waals surface area contributed by atoms with Gasteiger partial charge in [0.2, 0.25) is 0 Å². The molecule has 1 aromatic rings. The summed E-state index contributed by atoms with van der Waals surface area (Å²) in [5.41, 5.74) is -0.463. The third-order valence-electron chi connectivity index (χ3n) is 5.34. The van der Waals surface area contributed by atoms with Gasteiger partial charge < -0.3 is 15.0 Å². The Labute approximate surface area is 176 Å². The van der Waals surface area contributed by atoms with Crippen LogP contribution in [-0.2, 0) is 14.3 Å². The predicted octanol–water partition coefficient (Wildman–Crippen LogP) is 2.79. The molecule has 0 saturated carbocycles. The van der Waals surface area contributed by atoms with Gasteiger partial charge in [-0.15, -0.1) is 0 Å². The molecule has 2 rings (SSSR count). The number of nitrogens with one attached hydrogen (secondary N) is 1. The summed E-state index contributed by atoms with van der Waals surface area (Å²) in [5, 5.41) is 12.4. The third-order valence-corrected chi connectivity index (χ3v) is 5.59. The van der Waals surface area contributed by atoms with E-state index in [9.17, 15) is 19.6 Å². The molecule has 1 aliphatic rings. The summed E-state index contributed by atoms with van der Waals surface area (Å²) in [7, 11) is 0. The second kappa shape index (κ2) is 9.75. The van der Waals surface area contributed by atoms with E-state index in [4.69, 9.17) is 16.3 Å². The standard InChI is InChI=1S/C21H26ClN3O4/c1-14(2)21(3,13-23)24-18(26)12-29-20(28)16-8-10-25(11-9-16)19(27)15-4-6-17(22)7-5-15/h4-7,14,16H,8-12H2,1-3H3,(H,24,26)/t21-/m0/s1. The van der Waals surface area contributed by atoms with Gasteiger partial charge in [0.15, 0.2) is 6.61 Å². The number of nitriles is 1. The van der Waals surface area contributed by atoms with Crippen molar-refractivity contribution < 1.29 is 19.1 Å². The maximum atomic E-state index is 12.5. The number of ether oxygens (including phenoxy) is 1. The molecule has 156 valence electrons. The fourth-order valence-corrected chi connectivity index (χ4v) is 3.10. The van der Waals surface area contributed by atoms with Gasteiger partial charge in [0.25, 0.3) is 11.8 Å². The number of esters is 1. The normalized spacial score (nSPS) is 16.6. The second-order valence-corrected chi connectivity index (χ2v) is 8.13. The molecular weight excluding hydrogens is 394 g/mol. The number of amides is 2. The van der Waals surface area contributed by atoms with E-state index in [0.29, 0.717) is 36.5 Å². The van der Waals surface area contributed by atoms with Gasteiger partial charge in [-0.1, -0.05) is 25.4 Å². The number of carbonyl (C=O) groups excluding carboxylic acids is 3. The Morgan fingerprint density at radius 1 is 1.28 bits per heavy atom. The Morgan fingerprint density at radius 2 is 1.86 bits per heavy atom. The molecule has 0 radical (unpaired) electrons. The highest BCUT2D eigenvalue weighted by molar-refractivity contribution is 6.30. The lowest BCUT2D eigenvalue weighted by atomic mass is 9.90. The van der Waals surface area contributed by atoms with Crippen LogP contribution in [0.5, 0.6) is 0 Å². The van der Waals surface area contributed by atoms with Crippen LogP contribution < -0.4 is 5.32 Å². The van der Waals surface area contributed by atoms with Crippen LogP contribution in [0.15, 0.2) is 24.3 Å². The van der Waals surface area contributed by atoms with Crippen molar-refractivity contribution in [3.05, 3.63) is 34.9 Å². The highest BCUT2D eigenvalue weighted by atomic mass is 35.5. The van der Waals surface area contributed by atoms with Gasteiger partial charge in [-0.3, -0.25) is 14.4 Å². The summed E-state index contributed by atoms with van der Waals surface area (Å²) in [4.78, 5) is 38.5. The minimum atomic E-state index is -1.02. The van der Waals surface area contributed by atoms with Crippen molar-refractivity contribution in [1.82, 2.24) is 10.2 Å². The van der Waals surface area contributed by atoms with Crippen LogP contribution in [-0.4, -0.2) is 47.9 Å². The van der Waals surface area contributed by atoms with E-state index >= 15 is 0 Å². The van der Waals surface area contributed by atoms with Gasteiger partial charge in [-0.25, -0.2) is 0 Å². The first kappa shape index (κ1) is 22.7. The minimum absolute atomic E-state index is 0.0883. The van der Waals surface area contributed by atoms with Crippen molar-refractivity contribution in [2.24, 2.45) is 11.8 Å². The fourth-order valence-electron chi connectivity index (χ4n) is 2.97. The SMILES string of the molecule is CC(C)[C@](C)(C#N)NC(=O)COC(=O)C1CCN(C(=O)c2ccc(Cl)cc2)CC1. The van der Waals surface area contributed by atoms with Gasteiger partial charge >= 0.3 is 5.97 Å². The molecule has 2 amide bonds. The van der Waals surface area contributed by atoms with Crippen LogP contribution in [0.25, 0.3) is 0 Å². The van der Waals surface area contributed by atoms with Crippen molar-refractivity contribution in [1.29, 1.82) is 5.26 Å². The molecular formula is C21H26ClN3O4. The molecule has 0 aliphatic carbocycles. The molecule has 1 atom stereocenters. The van der Waals surface area contributed by atoms with E-state index in [-0.39, 0.29) is 17.7 Å². The van der Waals surface area contributed by atoms with Crippen LogP contribution in [0.2, 0.25) is 5.02 Å². The topological polar surface area (TPSA) is 99.5 Å². The lowest BCUT2D eigenvalue weighted by Gasteiger charge is -2.31. The lowest BCUT2D eigenvalue weighted by molar-refractivity contribution is -0.154. The lowest BCUT2D eigenvalue weighted by Crippen LogP contribution is -2.50. The highest BCUT2D eigenvalue weighted by Crippen LogP contribution is 2.21. The number of likely N-dealkylation sites (tertiary alicyclic amines) is 1. The number of hydrogen-bond acceptors (Lipinski definition) is 5. The molecule has 1 N–H and O–H groups in total.